The molecule has 0 spiro atoms. The Hall–Kier alpha value is -1.60. The Bertz CT molecular complexity index is 976. The highest BCUT2D eigenvalue weighted by Gasteiger charge is 2.32. The second kappa shape index (κ2) is 9.04. The Labute approximate surface area is 182 Å². The molecule has 0 saturated carbocycles. The monoisotopic (exact) mass is 454 g/mol. The normalized spacial score (nSPS) is 16.0. The van der Waals surface area contributed by atoms with Gasteiger partial charge in [0.15, 0.2) is 0 Å². The number of nitrogens with one attached hydrogen (secondary N) is 1. The molecule has 0 atom stereocenters. The molecule has 2 aromatic carbocycles. The van der Waals surface area contributed by atoms with Crippen LogP contribution in [0.4, 0.5) is 0 Å². The predicted molar refractivity (Wildman–Crippen MR) is 116 cm³/mol. The highest BCUT2D eigenvalue weighted by Crippen LogP contribution is 2.28. The lowest BCUT2D eigenvalue weighted by Crippen LogP contribution is -2.42. The molecule has 8 heteroatoms. The third-order valence-corrected chi connectivity index (χ3v) is 7.36. The number of nitrogens with zero attached hydrogens (tertiary/aromatic N) is 1. The van der Waals surface area contributed by atoms with E-state index in [1.807, 2.05) is 13.8 Å². The fourth-order valence-corrected chi connectivity index (χ4v) is 5.89. The van der Waals surface area contributed by atoms with E-state index >= 15 is 0 Å². The van der Waals surface area contributed by atoms with E-state index in [0.717, 1.165) is 16.7 Å². The summed E-state index contributed by atoms with van der Waals surface area (Å²) in [6, 6.07) is 10.5. The van der Waals surface area contributed by atoms with Crippen LogP contribution in [0.1, 0.15) is 29.5 Å². The number of piperidine rings is 1. The highest BCUT2D eigenvalue weighted by atomic mass is 35.5. The van der Waals surface area contributed by atoms with Crippen LogP contribution in [0.2, 0.25) is 10.0 Å². The second-order valence-corrected chi connectivity index (χ2v) is 10.3. The maximum atomic E-state index is 12.9. The molecular weight excluding hydrogens is 431 g/mol. The number of halogens is 2. The van der Waals surface area contributed by atoms with Crippen molar-refractivity contribution in [2.45, 2.75) is 38.1 Å². The third-order valence-electron chi connectivity index (χ3n) is 5.05. The molecule has 0 unspecified atom stereocenters. The SMILES string of the molecule is Cc1cc(C)cc(CNC(=O)C2CCN(S(=O)(=O)c3cc(Cl)cc(Cl)c3)CC2)c1. The van der Waals surface area contributed by atoms with Gasteiger partial charge in [0, 0.05) is 35.6 Å². The van der Waals surface area contributed by atoms with Gasteiger partial charge in [0.25, 0.3) is 0 Å². The number of benzene rings is 2. The molecule has 1 aliphatic heterocycles. The topological polar surface area (TPSA) is 66.5 Å². The molecule has 2 aromatic rings. The average molecular weight is 455 g/mol. The molecule has 1 fully saturated rings. The molecule has 1 amide bonds. The van der Waals surface area contributed by atoms with Crippen LogP contribution in [0.5, 0.6) is 0 Å². The maximum absolute atomic E-state index is 12.9. The van der Waals surface area contributed by atoms with Crippen LogP contribution in [0.3, 0.4) is 0 Å². The number of sulfonamides is 1. The van der Waals surface area contributed by atoms with Gasteiger partial charge in [-0.15, -0.1) is 0 Å². The highest BCUT2D eigenvalue weighted by molar-refractivity contribution is 7.89. The van der Waals surface area contributed by atoms with E-state index in [1.165, 1.54) is 22.5 Å². The molecule has 1 aliphatic rings. The van der Waals surface area contributed by atoms with Crippen molar-refractivity contribution < 1.29 is 13.2 Å². The molecule has 0 radical (unpaired) electrons. The van der Waals surface area contributed by atoms with Gasteiger partial charge in [0.1, 0.15) is 0 Å². The van der Waals surface area contributed by atoms with Crippen LogP contribution >= 0.6 is 23.2 Å². The number of hydrogen-bond acceptors (Lipinski definition) is 3. The van der Waals surface area contributed by atoms with Crippen molar-refractivity contribution in [3.63, 3.8) is 0 Å². The zero-order valence-electron chi connectivity index (χ0n) is 16.4. The van der Waals surface area contributed by atoms with Crippen LogP contribution < -0.4 is 5.32 Å². The van der Waals surface area contributed by atoms with E-state index in [4.69, 9.17) is 23.2 Å². The van der Waals surface area contributed by atoms with Gasteiger partial charge in [-0.1, -0.05) is 52.5 Å². The molecule has 0 bridgehead atoms. The van der Waals surface area contributed by atoms with Crippen LogP contribution in [0.25, 0.3) is 0 Å². The van der Waals surface area contributed by atoms with E-state index in [2.05, 4.69) is 23.5 Å². The van der Waals surface area contributed by atoms with E-state index in [-0.39, 0.29) is 39.9 Å². The van der Waals surface area contributed by atoms with Gasteiger partial charge in [-0.05, 0) is 50.5 Å². The van der Waals surface area contributed by atoms with Crippen molar-refractivity contribution in [1.82, 2.24) is 9.62 Å². The van der Waals surface area contributed by atoms with Gasteiger partial charge in [-0.3, -0.25) is 4.79 Å². The zero-order chi connectivity index (χ0) is 21.2. The van der Waals surface area contributed by atoms with Gasteiger partial charge in [-0.2, -0.15) is 4.31 Å². The fraction of sp³-hybridized carbons (Fsp3) is 0.381. The van der Waals surface area contributed by atoms with Crippen molar-refractivity contribution in [2.75, 3.05) is 13.1 Å². The van der Waals surface area contributed by atoms with E-state index in [0.29, 0.717) is 19.4 Å². The van der Waals surface area contributed by atoms with Crippen molar-refractivity contribution in [2.24, 2.45) is 5.92 Å². The van der Waals surface area contributed by atoms with Gasteiger partial charge in [-0.25, -0.2) is 8.42 Å². The minimum Gasteiger partial charge on any atom is -0.352 e. The molecule has 1 N–H and O–H groups in total. The van der Waals surface area contributed by atoms with Crippen molar-refractivity contribution in [3.05, 3.63) is 63.1 Å². The lowest BCUT2D eigenvalue weighted by atomic mass is 9.97. The summed E-state index contributed by atoms with van der Waals surface area (Å²) in [4.78, 5) is 12.6. The summed E-state index contributed by atoms with van der Waals surface area (Å²) in [5.74, 6) is -0.234. The average Bonchev–Trinajstić information content (AvgIpc) is 2.64. The van der Waals surface area contributed by atoms with Crippen LogP contribution in [-0.2, 0) is 21.4 Å². The molecule has 5 nitrogen and oxygen atoms in total. The zero-order valence-corrected chi connectivity index (χ0v) is 18.7. The summed E-state index contributed by atoms with van der Waals surface area (Å²) in [5, 5.41) is 3.53. The minimum atomic E-state index is -3.69. The Morgan fingerprint density at radius 1 is 1.00 bits per heavy atom. The molecule has 3 rings (SSSR count). The van der Waals surface area contributed by atoms with Gasteiger partial charge >= 0.3 is 0 Å². The Balaban J connectivity index is 1.58. The van der Waals surface area contributed by atoms with Crippen LogP contribution in [0, 0.1) is 19.8 Å². The Kier molecular flexibility index (Phi) is 6.89. The van der Waals surface area contributed by atoms with Gasteiger partial charge in [0.2, 0.25) is 15.9 Å². The second-order valence-electron chi connectivity index (χ2n) is 7.50. The van der Waals surface area contributed by atoms with Crippen molar-refractivity contribution in [3.8, 4) is 0 Å². The number of rotatable bonds is 5. The summed E-state index contributed by atoms with van der Waals surface area (Å²) in [7, 11) is -3.69. The number of aryl methyl sites for hydroxylation is 2. The number of amides is 1. The predicted octanol–water partition coefficient (Wildman–Crippen LogP) is 4.33. The molecule has 1 saturated heterocycles. The standard InChI is InChI=1S/C21H24Cl2N2O3S/c1-14-7-15(2)9-16(8-14)13-24-21(26)17-3-5-25(6-4-17)29(27,28)20-11-18(22)10-19(23)12-20/h7-12,17H,3-6,13H2,1-2H3,(H,24,26). The summed E-state index contributed by atoms with van der Waals surface area (Å²) in [6.45, 7) is 5.10. The Morgan fingerprint density at radius 2 is 1.55 bits per heavy atom. The molecule has 29 heavy (non-hydrogen) atoms. The lowest BCUT2D eigenvalue weighted by molar-refractivity contribution is -0.126. The van der Waals surface area contributed by atoms with E-state index in [9.17, 15) is 13.2 Å². The first-order valence-corrected chi connectivity index (χ1v) is 11.7. The smallest absolute Gasteiger partial charge is 0.243 e. The lowest BCUT2D eigenvalue weighted by Gasteiger charge is -2.30. The largest absolute Gasteiger partial charge is 0.352 e. The summed E-state index contributed by atoms with van der Waals surface area (Å²) in [5.41, 5.74) is 3.39. The minimum absolute atomic E-state index is 0.0352. The molecule has 1 heterocycles. The van der Waals surface area contributed by atoms with Gasteiger partial charge in [0.05, 0.1) is 4.90 Å². The number of carbonyl (C=O) groups excluding carboxylic acids is 1. The maximum Gasteiger partial charge on any atom is 0.243 e. The molecule has 0 aromatic heterocycles. The molecule has 156 valence electrons. The number of carbonyl (C=O) groups is 1. The molecular formula is C21H24Cl2N2O3S. The van der Waals surface area contributed by atoms with Crippen LogP contribution in [0.15, 0.2) is 41.3 Å². The third kappa shape index (κ3) is 5.51. The summed E-state index contributed by atoms with van der Waals surface area (Å²) < 4.78 is 27.1. The Morgan fingerprint density at radius 3 is 2.10 bits per heavy atom. The number of hydrogen-bond donors (Lipinski definition) is 1. The quantitative estimate of drug-likeness (QED) is 0.730. The first-order chi connectivity index (χ1) is 13.6. The van der Waals surface area contributed by atoms with E-state index < -0.39 is 10.0 Å². The molecule has 0 aliphatic carbocycles. The summed E-state index contributed by atoms with van der Waals surface area (Å²) >= 11 is 11.9. The summed E-state index contributed by atoms with van der Waals surface area (Å²) in [6.07, 6.45) is 0.957. The first-order valence-electron chi connectivity index (χ1n) is 9.46. The van der Waals surface area contributed by atoms with Crippen molar-refractivity contribution >= 4 is 39.1 Å². The van der Waals surface area contributed by atoms with E-state index in [1.54, 1.807) is 0 Å². The van der Waals surface area contributed by atoms with Gasteiger partial charge < -0.3 is 5.32 Å². The van der Waals surface area contributed by atoms with Crippen LogP contribution in [-0.4, -0.2) is 31.7 Å². The van der Waals surface area contributed by atoms with Crippen molar-refractivity contribution in [1.29, 1.82) is 0 Å². The first kappa shape index (κ1) is 22.1. The fourth-order valence-electron chi connectivity index (χ4n) is 3.69.